The van der Waals surface area contributed by atoms with Crippen molar-refractivity contribution in [2.45, 2.75) is 0 Å². The Labute approximate surface area is 170 Å². The molecule has 0 spiro atoms. The fraction of sp³-hybridized carbons (Fsp3) is 0. The molecule has 0 atom stereocenters. The second kappa shape index (κ2) is 7.70. The smallest absolute Gasteiger partial charge is 0.294 e. The minimum Gasteiger partial charge on any atom is -0.378 e. The van der Waals surface area contributed by atoms with Crippen LogP contribution < -0.4 is 11.2 Å². The molecule has 3 heterocycles. The Morgan fingerprint density at radius 3 is 2.82 bits per heavy atom. The molecule has 0 saturated heterocycles. The van der Waals surface area contributed by atoms with E-state index in [1.54, 1.807) is 6.21 Å². The molecule has 3 aromatic heterocycles. The zero-order chi connectivity index (χ0) is 19.5. The largest absolute Gasteiger partial charge is 0.378 e. The monoisotopic (exact) mass is 458 g/mol. The van der Waals surface area contributed by atoms with Gasteiger partial charge in [0.1, 0.15) is 5.69 Å². The molecule has 10 nitrogen and oxygen atoms in total. The van der Waals surface area contributed by atoms with Gasteiger partial charge in [0.15, 0.2) is 5.69 Å². The number of benzene rings is 1. The van der Waals surface area contributed by atoms with Crippen LogP contribution in [0.1, 0.15) is 15.4 Å². The first-order valence-corrected chi connectivity index (χ1v) is 9.47. The maximum atomic E-state index is 12.7. The summed E-state index contributed by atoms with van der Waals surface area (Å²) in [5.41, 5.74) is 9.35. The number of amides is 1. The molecular formula is C16H11BrN8O2S. The summed E-state index contributed by atoms with van der Waals surface area (Å²) >= 11 is 4.85. The summed E-state index contributed by atoms with van der Waals surface area (Å²) in [5.74, 6) is -0.375. The highest BCUT2D eigenvalue weighted by atomic mass is 79.9. The fourth-order valence-corrected chi connectivity index (χ4v) is 3.68. The van der Waals surface area contributed by atoms with E-state index >= 15 is 0 Å². The van der Waals surface area contributed by atoms with Gasteiger partial charge in [-0.05, 0) is 32.3 Å². The van der Waals surface area contributed by atoms with E-state index in [0.717, 1.165) is 9.35 Å². The van der Waals surface area contributed by atoms with Gasteiger partial charge in [0.2, 0.25) is 11.6 Å². The van der Waals surface area contributed by atoms with Crippen LogP contribution in [0.15, 0.2) is 56.0 Å². The molecule has 0 fully saturated rings. The van der Waals surface area contributed by atoms with Crippen molar-refractivity contribution >= 4 is 45.2 Å². The van der Waals surface area contributed by atoms with Gasteiger partial charge in [-0.3, -0.25) is 4.79 Å². The highest BCUT2D eigenvalue weighted by Crippen LogP contribution is 2.26. The number of hydrogen-bond acceptors (Lipinski definition) is 9. The van der Waals surface area contributed by atoms with Gasteiger partial charge in [-0.1, -0.05) is 35.5 Å². The number of nitrogens with zero attached hydrogens (tertiary/aromatic N) is 6. The van der Waals surface area contributed by atoms with E-state index in [2.05, 4.69) is 51.7 Å². The average molecular weight is 459 g/mol. The van der Waals surface area contributed by atoms with Crippen LogP contribution in [0, 0.1) is 0 Å². The number of carbonyl (C=O) groups is 1. The van der Waals surface area contributed by atoms with Crippen LogP contribution in [0.3, 0.4) is 0 Å². The zero-order valence-corrected chi connectivity index (χ0v) is 16.4. The van der Waals surface area contributed by atoms with E-state index in [0.29, 0.717) is 11.3 Å². The van der Waals surface area contributed by atoms with Crippen LogP contribution in [-0.2, 0) is 0 Å². The molecule has 0 aliphatic heterocycles. The molecule has 0 radical (unpaired) electrons. The Bertz CT molecular complexity index is 1150. The number of hydrazone groups is 1. The van der Waals surface area contributed by atoms with Crippen LogP contribution in [0.25, 0.3) is 17.1 Å². The van der Waals surface area contributed by atoms with Crippen molar-refractivity contribution in [3.63, 3.8) is 0 Å². The first-order chi connectivity index (χ1) is 13.6. The third-order valence-electron chi connectivity index (χ3n) is 3.57. The molecule has 12 heteroatoms. The van der Waals surface area contributed by atoms with Crippen LogP contribution >= 0.6 is 27.3 Å². The number of nitrogens with one attached hydrogen (secondary N) is 1. The molecule has 0 saturated carbocycles. The standard InChI is InChI=1S/C16H11BrN8O2S/c17-10-6-11(28-8-10)7-19-21-16(26)12-13(9-4-2-1-3-5-9)25(24-20-12)15-14(18)22-27-23-15/h1-8H,(H2,18,22)(H,21,26)/b19-7-. The van der Waals surface area contributed by atoms with E-state index < -0.39 is 5.91 Å². The number of thiophene rings is 1. The summed E-state index contributed by atoms with van der Waals surface area (Å²) in [6.45, 7) is 0. The van der Waals surface area contributed by atoms with Gasteiger partial charge in [0.05, 0.1) is 6.21 Å². The molecule has 28 heavy (non-hydrogen) atoms. The Kier molecular flexibility index (Phi) is 4.95. The number of carbonyl (C=O) groups excluding carboxylic acids is 1. The van der Waals surface area contributed by atoms with E-state index in [1.165, 1.54) is 16.0 Å². The lowest BCUT2D eigenvalue weighted by atomic mass is 10.1. The summed E-state index contributed by atoms with van der Waals surface area (Å²) in [5, 5.41) is 21.1. The molecular weight excluding hydrogens is 448 g/mol. The summed E-state index contributed by atoms with van der Waals surface area (Å²) < 4.78 is 6.88. The van der Waals surface area contributed by atoms with Gasteiger partial charge in [0.25, 0.3) is 5.91 Å². The van der Waals surface area contributed by atoms with E-state index in [-0.39, 0.29) is 17.3 Å². The lowest BCUT2D eigenvalue weighted by Crippen LogP contribution is -2.19. The normalized spacial score (nSPS) is 11.2. The predicted molar refractivity (Wildman–Crippen MR) is 106 cm³/mol. The summed E-state index contributed by atoms with van der Waals surface area (Å²) in [4.78, 5) is 13.5. The van der Waals surface area contributed by atoms with Crippen LogP contribution in [0.2, 0.25) is 0 Å². The van der Waals surface area contributed by atoms with Crippen LogP contribution in [0.4, 0.5) is 5.82 Å². The zero-order valence-electron chi connectivity index (χ0n) is 14.0. The number of nitrogen functional groups attached to an aromatic ring is 1. The van der Waals surface area contributed by atoms with Gasteiger partial charge >= 0.3 is 0 Å². The SMILES string of the molecule is Nc1nonc1-n1nnc(C(=O)N/N=C\c2cc(Br)cs2)c1-c1ccccc1. The number of nitrogens with two attached hydrogens (primary N) is 1. The van der Waals surface area contributed by atoms with Crippen molar-refractivity contribution in [3.8, 4) is 17.1 Å². The Balaban J connectivity index is 1.69. The second-order valence-corrected chi connectivity index (χ2v) is 7.26. The summed E-state index contributed by atoms with van der Waals surface area (Å²) in [6, 6.07) is 11.0. The lowest BCUT2D eigenvalue weighted by Gasteiger charge is -2.05. The van der Waals surface area contributed by atoms with Gasteiger partial charge in [-0.25, -0.2) is 10.1 Å². The van der Waals surface area contributed by atoms with Gasteiger partial charge in [-0.2, -0.15) is 9.78 Å². The quantitative estimate of drug-likeness (QED) is 0.346. The van der Waals surface area contributed by atoms with E-state index in [1.807, 2.05) is 41.8 Å². The Hall–Kier alpha value is -3.38. The highest BCUT2D eigenvalue weighted by molar-refractivity contribution is 9.10. The number of hydrogen-bond donors (Lipinski definition) is 2. The summed E-state index contributed by atoms with van der Waals surface area (Å²) in [7, 11) is 0. The lowest BCUT2D eigenvalue weighted by molar-refractivity contribution is 0.0950. The molecule has 0 aliphatic rings. The van der Waals surface area contributed by atoms with Crippen molar-refractivity contribution in [2.24, 2.45) is 5.10 Å². The molecule has 140 valence electrons. The van der Waals surface area contributed by atoms with Gasteiger partial charge in [0, 0.05) is 20.3 Å². The van der Waals surface area contributed by atoms with Gasteiger partial charge < -0.3 is 5.73 Å². The first-order valence-electron chi connectivity index (χ1n) is 7.80. The van der Waals surface area contributed by atoms with E-state index in [9.17, 15) is 4.79 Å². The minimum absolute atomic E-state index is 0.0235. The first kappa shape index (κ1) is 18.0. The van der Waals surface area contributed by atoms with Crippen molar-refractivity contribution < 1.29 is 9.42 Å². The maximum Gasteiger partial charge on any atom is 0.294 e. The van der Waals surface area contributed by atoms with Crippen LogP contribution in [-0.4, -0.2) is 37.4 Å². The maximum absolute atomic E-state index is 12.7. The topological polar surface area (TPSA) is 137 Å². The molecule has 0 unspecified atom stereocenters. The Morgan fingerprint density at radius 2 is 2.14 bits per heavy atom. The van der Waals surface area contributed by atoms with Gasteiger partial charge in [-0.15, -0.1) is 16.4 Å². The summed E-state index contributed by atoms with van der Waals surface area (Å²) in [6.07, 6.45) is 1.54. The molecule has 1 amide bonds. The molecule has 4 rings (SSSR count). The average Bonchev–Trinajstić information content (AvgIpc) is 3.42. The van der Waals surface area contributed by atoms with Crippen molar-refractivity contribution in [3.05, 3.63) is 56.8 Å². The second-order valence-electron chi connectivity index (χ2n) is 5.40. The third kappa shape index (κ3) is 3.54. The Morgan fingerprint density at radius 1 is 1.32 bits per heavy atom. The fourth-order valence-electron chi connectivity index (χ4n) is 2.38. The van der Waals surface area contributed by atoms with E-state index in [4.69, 9.17) is 5.73 Å². The minimum atomic E-state index is -0.535. The van der Waals surface area contributed by atoms with Crippen molar-refractivity contribution in [1.29, 1.82) is 0 Å². The third-order valence-corrected chi connectivity index (χ3v) is 5.20. The highest BCUT2D eigenvalue weighted by Gasteiger charge is 2.24. The number of halogens is 1. The van der Waals surface area contributed by atoms with Crippen molar-refractivity contribution in [1.82, 2.24) is 30.7 Å². The predicted octanol–water partition coefficient (Wildman–Crippen LogP) is 2.49. The number of anilines is 1. The van der Waals surface area contributed by atoms with Crippen LogP contribution in [0.5, 0.6) is 0 Å². The van der Waals surface area contributed by atoms with Crippen molar-refractivity contribution in [2.75, 3.05) is 5.73 Å². The molecule has 1 aromatic carbocycles. The molecule has 0 bridgehead atoms. The number of rotatable bonds is 5. The molecule has 4 aromatic rings. The molecule has 0 aliphatic carbocycles. The number of aromatic nitrogens is 5. The molecule has 3 N–H and O–H groups in total.